The fraction of sp³-hybridized carbons (Fsp3) is 0.263. The molecule has 2 aromatic rings. The van der Waals surface area contributed by atoms with Gasteiger partial charge in [-0.05, 0) is 35.6 Å². The zero-order chi connectivity index (χ0) is 17.8. The molecule has 0 aromatic heterocycles. The van der Waals surface area contributed by atoms with Gasteiger partial charge in [0.15, 0.2) is 0 Å². The van der Waals surface area contributed by atoms with E-state index >= 15 is 0 Å². The van der Waals surface area contributed by atoms with Crippen LogP contribution in [-0.4, -0.2) is 0 Å². The van der Waals surface area contributed by atoms with E-state index in [1.807, 2.05) is 12.2 Å². The standard InChI is InChI=1S/C19H14F5N/c20-10-8-14-11-5-3-6-12(11)17(25-18(14)16(21)9-10)13-4-1-2-7-15(13)19(22,23)24/h1-5,7-9,11-12,17,25H,6H2/t11-,12-,17-/m1/s1. The molecule has 2 aromatic carbocycles. The van der Waals surface area contributed by atoms with Crippen LogP contribution < -0.4 is 5.32 Å². The van der Waals surface area contributed by atoms with Gasteiger partial charge in [-0.1, -0.05) is 30.4 Å². The lowest BCUT2D eigenvalue weighted by atomic mass is 9.76. The molecule has 1 N–H and O–H groups in total. The third-order valence-corrected chi connectivity index (χ3v) is 4.99. The first-order chi connectivity index (χ1) is 11.9. The number of halogens is 5. The van der Waals surface area contributed by atoms with Crippen molar-refractivity contribution in [2.45, 2.75) is 24.6 Å². The molecule has 0 amide bonds. The Morgan fingerprint density at radius 2 is 1.76 bits per heavy atom. The molecule has 2 aliphatic rings. The van der Waals surface area contributed by atoms with Gasteiger partial charge in [-0.25, -0.2) is 8.78 Å². The molecule has 4 rings (SSSR count). The Morgan fingerprint density at radius 3 is 2.52 bits per heavy atom. The molecule has 0 bridgehead atoms. The van der Waals surface area contributed by atoms with Crippen LogP contribution in [0.15, 0.2) is 48.6 Å². The van der Waals surface area contributed by atoms with Crippen molar-refractivity contribution in [3.05, 3.63) is 76.9 Å². The first-order valence-corrected chi connectivity index (χ1v) is 7.94. The number of hydrogen-bond donors (Lipinski definition) is 1. The largest absolute Gasteiger partial charge is 0.416 e. The Morgan fingerprint density at radius 1 is 1.00 bits per heavy atom. The summed E-state index contributed by atoms with van der Waals surface area (Å²) in [7, 11) is 0. The predicted octanol–water partition coefficient (Wildman–Crippen LogP) is 5.81. The minimum Gasteiger partial charge on any atom is -0.375 e. The van der Waals surface area contributed by atoms with Crippen molar-refractivity contribution in [1.29, 1.82) is 0 Å². The second kappa shape index (κ2) is 5.58. The molecule has 0 saturated heterocycles. The molecule has 1 heterocycles. The molecule has 0 spiro atoms. The number of alkyl halides is 3. The smallest absolute Gasteiger partial charge is 0.375 e. The zero-order valence-corrected chi connectivity index (χ0v) is 12.9. The van der Waals surface area contributed by atoms with E-state index in [0.29, 0.717) is 12.0 Å². The highest BCUT2D eigenvalue weighted by atomic mass is 19.4. The van der Waals surface area contributed by atoms with E-state index in [4.69, 9.17) is 0 Å². The topological polar surface area (TPSA) is 12.0 Å². The number of fused-ring (bicyclic) bond motifs is 3. The first kappa shape index (κ1) is 16.1. The van der Waals surface area contributed by atoms with Gasteiger partial charge in [0.25, 0.3) is 0 Å². The first-order valence-electron chi connectivity index (χ1n) is 7.94. The maximum absolute atomic E-state index is 14.3. The van der Waals surface area contributed by atoms with Crippen LogP contribution in [0.25, 0.3) is 0 Å². The van der Waals surface area contributed by atoms with E-state index in [1.165, 1.54) is 18.2 Å². The molecule has 25 heavy (non-hydrogen) atoms. The van der Waals surface area contributed by atoms with Gasteiger partial charge in [-0.2, -0.15) is 13.2 Å². The second-order valence-corrected chi connectivity index (χ2v) is 6.41. The van der Waals surface area contributed by atoms with E-state index in [2.05, 4.69) is 5.32 Å². The third-order valence-electron chi connectivity index (χ3n) is 4.99. The highest BCUT2D eigenvalue weighted by Crippen LogP contribution is 2.52. The quantitative estimate of drug-likeness (QED) is 0.505. The molecule has 1 aliphatic carbocycles. The Labute approximate surface area is 141 Å². The lowest BCUT2D eigenvalue weighted by Crippen LogP contribution is -2.31. The summed E-state index contributed by atoms with van der Waals surface area (Å²) in [6.45, 7) is 0. The monoisotopic (exact) mass is 351 g/mol. The van der Waals surface area contributed by atoms with E-state index in [0.717, 1.165) is 12.1 Å². The molecule has 130 valence electrons. The average Bonchev–Trinajstić information content (AvgIpc) is 3.03. The summed E-state index contributed by atoms with van der Waals surface area (Å²) in [6.07, 6.45) is -0.266. The third kappa shape index (κ3) is 2.60. The van der Waals surface area contributed by atoms with Gasteiger partial charge in [0.05, 0.1) is 17.3 Å². The number of anilines is 1. The van der Waals surface area contributed by atoms with E-state index in [-0.39, 0.29) is 23.1 Å². The fourth-order valence-electron chi connectivity index (χ4n) is 3.96. The fourth-order valence-corrected chi connectivity index (χ4v) is 3.96. The van der Waals surface area contributed by atoms with Crippen LogP contribution in [0.4, 0.5) is 27.6 Å². The number of nitrogens with one attached hydrogen (secondary N) is 1. The van der Waals surface area contributed by atoms with Crippen LogP contribution in [0.1, 0.15) is 35.1 Å². The maximum Gasteiger partial charge on any atom is 0.416 e. The minimum atomic E-state index is -4.50. The Balaban J connectivity index is 1.86. The van der Waals surface area contributed by atoms with Crippen LogP contribution in [0.3, 0.4) is 0 Å². The lowest BCUT2D eigenvalue weighted by Gasteiger charge is -2.38. The molecule has 3 atom stereocenters. The van der Waals surface area contributed by atoms with Crippen molar-refractivity contribution in [1.82, 2.24) is 0 Å². The van der Waals surface area contributed by atoms with Gasteiger partial charge in [0.1, 0.15) is 11.6 Å². The van der Waals surface area contributed by atoms with Crippen LogP contribution in [0, 0.1) is 17.6 Å². The molecule has 0 radical (unpaired) electrons. The predicted molar refractivity (Wildman–Crippen MR) is 84.2 cm³/mol. The number of rotatable bonds is 1. The van der Waals surface area contributed by atoms with E-state index in [9.17, 15) is 22.0 Å². The summed E-state index contributed by atoms with van der Waals surface area (Å²) in [6, 6.07) is 6.63. The Hall–Kier alpha value is -2.37. The van der Waals surface area contributed by atoms with Crippen LogP contribution in [0.2, 0.25) is 0 Å². The van der Waals surface area contributed by atoms with Crippen molar-refractivity contribution >= 4 is 5.69 Å². The number of benzene rings is 2. The SMILES string of the molecule is Fc1cc(F)c2c(c1)[C@@H]1C=CC[C@H]1[C@H](c1ccccc1C(F)(F)F)N2. The summed E-state index contributed by atoms with van der Waals surface area (Å²) < 4.78 is 68.1. The van der Waals surface area contributed by atoms with E-state index in [1.54, 1.807) is 6.07 Å². The van der Waals surface area contributed by atoms with Gasteiger partial charge in [-0.15, -0.1) is 0 Å². The van der Waals surface area contributed by atoms with Gasteiger partial charge in [0.2, 0.25) is 0 Å². The molecule has 1 nitrogen and oxygen atoms in total. The highest BCUT2D eigenvalue weighted by Gasteiger charge is 2.43. The van der Waals surface area contributed by atoms with Gasteiger partial charge >= 0.3 is 6.18 Å². The van der Waals surface area contributed by atoms with Crippen LogP contribution >= 0.6 is 0 Å². The minimum absolute atomic E-state index is 0.0798. The average molecular weight is 351 g/mol. The van der Waals surface area contributed by atoms with E-state index < -0.39 is 29.4 Å². The molecule has 0 saturated carbocycles. The van der Waals surface area contributed by atoms with Crippen molar-refractivity contribution < 1.29 is 22.0 Å². The molecule has 0 fully saturated rings. The summed E-state index contributed by atoms with van der Waals surface area (Å²) in [5.41, 5.74) is -0.111. The van der Waals surface area contributed by atoms with Crippen molar-refractivity contribution in [3.63, 3.8) is 0 Å². The molecule has 6 heteroatoms. The van der Waals surface area contributed by atoms with Crippen LogP contribution in [-0.2, 0) is 6.18 Å². The van der Waals surface area contributed by atoms with Crippen molar-refractivity contribution in [2.24, 2.45) is 5.92 Å². The zero-order valence-electron chi connectivity index (χ0n) is 12.9. The summed E-state index contributed by atoms with van der Waals surface area (Å²) in [5, 5.41) is 2.91. The van der Waals surface area contributed by atoms with Crippen molar-refractivity contribution in [3.8, 4) is 0 Å². The summed E-state index contributed by atoms with van der Waals surface area (Å²) in [5.74, 6) is -2.01. The molecule has 0 unspecified atom stereocenters. The van der Waals surface area contributed by atoms with Gasteiger partial charge < -0.3 is 5.32 Å². The second-order valence-electron chi connectivity index (χ2n) is 6.41. The number of allylic oxidation sites excluding steroid dienone is 2. The molecular weight excluding hydrogens is 337 g/mol. The van der Waals surface area contributed by atoms with Crippen molar-refractivity contribution in [2.75, 3.05) is 5.32 Å². The highest BCUT2D eigenvalue weighted by molar-refractivity contribution is 5.61. The molecular formula is C19H14F5N. The van der Waals surface area contributed by atoms with Gasteiger partial charge in [0, 0.05) is 12.0 Å². The Kier molecular flexibility index (Phi) is 3.60. The summed E-state index contributed by atoms with van der Waals surface area (Å²) >= 11 is 0. The lowest BCUT2D eigenvalue weighted by molar-refractivity contribution is -0.138. The molecule has 1 aliphatic heterocycles. The number of hydrogen-bond acceptors (Lipinski definition) is 1. The normalized spacial score (nSPS) is 24.6. The Bertz CT molecular complexity index is 855. The maximum atomic E-state index is 14.3. The van der Waals surface area contributed by atoms with Gasteiger partial charge in [-0.3, -0.25) is 0 Å². The van der Waals surface area contributed by atoms with Crippen LogP contribution in [0.5, 0.6) is 0 Å². The summed E-state index contributed by atoms with van der Waals surface area (Å²) in [4.78, 5) is 0.